The molecule has 0 aliphatic carbocycles. The fourth-order valence-electron chi connectivity index (χ4n) is 0.577. The first-order valence-electron chi connectivity index (χ1n) is 2.80. The minimum atomic E-state index is -0.495. The van der Waals surface area contributed by atoms with Gasteiger partial charge in [0, 0.05) is 7.05 Å². The van der Waals surface area contributed by atoms with Crippen LogP contribution in [-0.4, -0.2) is 12.0 Å². The third-order valence-corrected chi connectivity index (χ3v) is 1.12. The molecule has 0 bridgehead atoms. The van der Waals surface area contributed by atoms with Gasteiger partial charge in [-0.1, -0.05) is 0 Å². The van der Waals surface area contributed by atoms with E-state index in [1.165, 1.54) is 17.3 Å². The Balaban J connectivity index is 2.89. The molecule has 3 nitrogen and oxygen atoms in total. The molecular weight excluding hydrogens is 133 g/mol. The molecule has 4 heteroatoms. The summed E-state index contributed by atoms with van der Waals surface area (Å²) in [6.07, 6.45) is 1.37. The molecular formula is C6H8FN3. The third kappa shape index (κ3) is 1.41. The molecule has 1 aromatic rings. The van der Waals surface area contributed by atoms with Crippen molar-refractivity contribution in [3.8, 4) is 0 Å². The van der Waals surface area contributed by atoms with Gasteiger partial charge in [-0.3, -0.25) is 0 Å². The van der Waals surface area contributed by atoms with Gasteiger partial charge in [0.2, 0.25) is 5.95 Å². The lowest BCUT2D eigenvalue weighted by atomic mass is 10.4. The lowest BCUT2D eigenvalue weighted by Crippen LogP contribution is -2.24. The third-order valence-electron chi connectivity index (χ3n) is 1.12. The highest BCUT2D eigenvalue weighted by Crippen LogP contribution is 2.05. The van der Waals surface area contributed by atoms with Crippen LogP contribution in [-0.2, 0) is 0 Å². The number of rotatable bonds is 1. The van der Waals surface area contributed by atoms with E-state index in [9.17, 15) is 4.39 Å². The van der Waals surface area contributed by atoms with Crippen LogP contribution >= 0.6 is 0 Å². The quantitative estimate of drug-likeness (QED) is 0.352. The highest BCUT2D eigenvalue weighted by molar-refractivity contribution is 5.40. The Morgan fingerprint density at radius 2 is 2.30 bits per heavy atom. The summed E-state index contributed by atoms with van der Waals surface area (Å²) in [5, 5.41) is 1.37. The van der Waals surface area contributed by atoms with Gasteiger partial charge in [-0.2, -0.15) is 4.39 Å². The predicted octanol–water partition coefficient (Wildman–Crippen LogP) is 0.531. The summed E-state index contributed by atoms with van der Waals surface area (Å²) in [5.74, 6) is 4.84. The Hall–Kier alpha value is -1.16. The molecule has 0 atom stereocenters. The van der Waals surface area contributed by atoms with Crippen LogP contribution in [0.25, 0.3) is 0 Å². The molecule has 10 heavy (non-hydrogen) atoms. The average molecular weight is 141 g/mol. The Kier molecular flexibility index (Phi) is 1.82. The van der Waals surface area contributed by atoms with E-state index in [1.54, 1.807) is 13.1 Å². The first-order chi connectivity index (χ1) is 4.70. The molecule has 54 valence electrons. The first-order valence-corrected chi connectivity index (χ1v) is 2.80. The molecule has 0 radical (unpaired) electrons. The van der Waals surface area contributed by atoms with Crippen molar-refractivity contribution >= 4 is 5.69 Å². The monoisotopic (exact) mass is 141 g/mol. The molecule has 2 N–H and O–H groups in total. The second-order valence-electron chi connectivity index (χ2n) is 1.95. The number of nitrogens with two attached hydrogens (primary N) is 1. The fraction of sp³-hybridized carbons (Fsp3) is 0.167. The van der Waals surface area contributed by atoms with Gasteiger partial charge in [0.05, 0.1) is 11.9 Å². The number of anilines is 1. The normalized spacial score (nSPS) is 9.50. The van der Waals surface area contributed by atoms with Crippen LogP contribution in [0.2, 0.25) is 0 Å². The van der Waals surface area contributed by atoms with E-state index in [4.69, 9.17) is 5.84 Å². The van der Waals surface area contributed by atoms with Crippen molar-refractivity contribution in [2.75, 3.05) is 12.1 Å². The summed E-state index contributed by atoms with van der Waals surface area (Å²) in [6, 6.07) is 2.82. The fourth-order valence-corrected chi connectivity index (χ4v) is 0.577. The van der Waals surface area contributed by atoms with Crippen molar-refractivity contribution in [1.82, 2.24) is 4.98 Å². The van der Waals surface area contributed by atoms with Gasteiger partial charge in [-0.05, 0) is 12.1 Å². The van der Waals surface area contributed by atoms with Crippen LogP contribution in [0.4, 0.5) is 10.1 Å². The number of halogens is 1. The van der Waals surface area contributed by atoms with Crippen LogP contribution in [0.15, 0.2) is 18.3 Å². The molecule has 1 heterocycles. The average Bonchev–Trinajstić information content (AvgIpc) is 1.88. The second kappa shape index (κ2) is 2.62. The first kappa shape index (κ1) is 6.95. The van der Waals surface area contributed by atoms with Crippen molar-refractivity contribution in [2.24, 2.45) is 5.84 Å². The SMILES string of the molecule is CN(N)c1ccc(F)nc1. The second-order valence-corrected chi connectivity index (χ2v) is 1.95. The van der Waals surface area contributed by atoms with Crippen LogP contribution in [0.5, 0.6) is 0 Å². The Bertz CT molecular complexity index is 207. The van der Waals surface area contributed by atoms with Crippen molar-refractivity contribution in [2.45, 2.75) is 0 Å². The van der Waals surface area contributed by atoms with E-state index >= 15 is 0 Å². The lowest BCUT2D eigenvalue weighted by Gasteiger charge is -2.09. The van der Waals surface area contributed by atoms with E-state index in [0.717, 1.165) is 0 Å². The summed E-state index contributed by atoms with van der Waals surface area (Å²) in [7, 11) is 1.66. The standard InChI is InChI=1S/C6H8FN3/c1-10(8)5-2-3-6(7)9-4-5/h2-4H,8H2,1H3. The summed E-state index contributed by atoms with van der Waals surface area (Å²) in [6.45, 7) is 0. The molecule has 0 aromatic carbocycles. The van der Waals surface area contributed by atoms with Crippen molar-refractivity contribution in [1.29, 1.82) is 0 Å². The van der Waals surface area contributed by atoms with Gasteiger partial charge in [-0.25, -0.2) is 10.8 Å². The number of hydrazine groups is 1. The van der Waals surface area contributed by atoms with E-state index < -0.39 is 5.95 Å². The minimum absolute atomic E-state index is 0.495. The van der Waals surface area contributed by atoms with Gasteiger partial charge < -0.3 is 5.01 Å². The highest BCUT2D eigenvalue weighted by Gasteiger charge is 1.94. The molecule has 0 unspecified atom stereocenters. The van der Waals surface area contributed by atoms with Crippen molar-refractivity contribution in [3.05, 3.63) is 24.3 Å². The maximum atomic E-state index is 12.2. The molecule has 0 fully saturated rings. The summed E-state index contributed by atoms with van der Waals surface area (Å²) in [5.41, 5.74) is 0.682. The van der Waals surface area contributed by atoms with E-state index in [-0.39, 0.29) is 0 Å². The molecule has 0 aliphatic heterocycles. The zero-order valence-corrected chi connectivity index (χ0v) is 5.58. The maximum absolute atomic E-state index is 12.2. The van der Waals surface area contributed by atoms with Crippen molar-refractivity contribution < 1.29 is 4.39 Å². The molecule has 0 saturated carbocycles. The Morgan fingerprint density at radius 1 is 1.60 bits per heavy atom. The van der Waals surface area contributed by atoms with E-state index in [2.05, 4.69) is 4.98 Å². The molecule has 1 rings (SSSR count). The van der Waals surface area contributed by atoms with Gasteiger partial charge in [0.25, 0.3) is 0 Å². The molecule has 0 aliphatic rings. The van der Waals surface area contributed by atoms with Gasteiger partial charge >= 0.3 is 0 Å². The maximum Gasteiger partial charge on any atom is 0.212 e. The Labute approximate surface area is 58.3 Å². The largest absolute Gasteiger partial charge is 0.313 e. The summed E-state index contributed by atoms with van der Waals surface area (Å²) in [4.78, 5) is 3.41. The smallest absolute Gasteiger partial charge is 0.212 e. The zero-order chi connectivity index (χ0) is 7.56. The highest BCUT2D eigenvalue weighted by atomic mass is 19.1. The minimum Gasteiger partial charge on any atom is -0.313 e. The van der Waals surface area contributed by atoms with E-state index in [1.807, 2.05) is 0 Å². The number of hydrogen-bond acceptors (Lipinski definition) is 3. The molecule has 0 amide bonds. The van der Waals surface area contributed by atoms with Crippen molar-refractivity contribution in [3.63, 3.8) is 0 Å². The number of pyridine rings is 1. The topological polar surface area (TPSA) is 42.1 Å². The van der Waals surface area contributed by atoms with Crippen LogP contribution < -0.4 is 10.9 Å². The number of aromatic nitrogens is 1. The van der Waals surface area contributed by atoms with Gasteiger partial charge in [0.1, 0.15) is 0 Å². The molecule has 0 spiro atoms. The van der Waals surface area contributed by atoms with Gasteiger partial charge in [-0.15, -0.1) is 0 Å². The van der Waals surface area contributed by atoms with Gasteiger partial charge in [0.15, 0.2) is 0 Å². The number of nitrogens with zero attached hydrogens (tertiary/aromatic N) is 2. The summed E-state index contributed by atoms with van der Waals surface area (Å²) >= 11 is 0. The Morgan fingerprint density at radius 3 is 2.70 bits per heavy atom. The van der Waals surface area contributed by atoms with Crippen LogP contribution in [0, 0.1) is 5.95 Å². The van der Waals surface area contributed by atoms with Crippen LogP contribution in [0.3, 0.4) is 0 Å². The molecule has 0 saturated heterocycles. The lowest BCUT2D eigenvalue weighted by molar-refractivity contribution is 0.583. The van der Waals surface area contributed by atoms with E-state index in [0.29, 0.717) is 5.69 Å². The molecule has 1 aromatic heterocycles. The zero-order valence-electron chi connectivity index (χ0n) is 5.58. The predicted molar refractivity (Wildman–Crippen MR) is 36.8 cm³/mol. The summed E-state index contributed by atoms with van der Waals surface area (Å²) < 4.78 is 12.2. The van der Waals surface area contributed by atoms with Crippen LogP contribution in [0.1, 0.15) is 0 Å². The number of hydrogen-bond donors (Lipinski definition) is 1.